The van der Waals surface area contributed by atoms with E-state index in [0.29, 0.717) is 0 Å². The van der Waals surface area contributed by atoms with E-state index in [4.69, 9.17) is 0 Å². The molecule has 0 unspecified atom stereocenters. The molecule has 1 rings (SSSR count). The molecule has 0 saturated carbocycles. The van der Waals surface area contributed by atoms with Gasteiger partial charge in [-0.2, -0.15) is 0 Å². The highest BCUT2D eigenvalue weighted by Crippen LogP contribution is 1.99. The lowest BCUT2D eigenvalue weighted by Crippen LogP contribution is -1.71. The highest BCUT2D eigenvalue weighted by atomic mass is 127. The first-order valence-corrected chi connectivity index (χ1v) is 3.81. The van der Waals surface area contributed by atoms with Crippen LogP contribution >= 0.6 is 22.6 Å². The molecule has 1 aromatic rings. The van der Waals surface area contributed by atoms with Crippen LogP contribution in [0.4, 0.5) is 0 Å². The van der Waals surface area contributed by atoms with Crippen LogP contribution in [0.5, 0.6) is 0 Å². The summed E-state index contributed by atoms with van der Waals surface area (Å²) in [5.41, 5.74) is 1.11. The number of allylic oxidation sites excluding steroid dienone is 1. The second kappa shape index (κ2) is 3.66. The molecule has 0 saturated heterocycles. The van der Waals surface area contributed by atoms with Gasteiger partial charge < -0.3 is 4.52 Å². The molecule has 1 heterocycles. The molecule has 0 bridgehead atoms. The van der Waals surface area contributed by atoms with Crippen molar-refractivity contribution >= 4 is 22.6 Å². The molecule has 0 atom stereocenters. The fraction of sp³-hybridized carbons (Fsp3) is 0.167. The van der Waals surface area contributed by atoms with Crippen LogP contribution < -0.4 is 0 Å². The van der Waals surface area contributed by atoms with E-state index in [1.54, 1.807) is 12.5 Å². The van der Waals surface area contributed by atoms with E-state index in [1.807, 2.05) is 10.2 Å². The quantitative estimate of drug-likeness (QED) is 0.734. The zero-order chi connectivity index (χ0) is 6.53. The van der Waals surface area contributed by atoms with Gasteiger partial charge in [0.1, 0.15) is 6.26 Å². The summed E-state index contributed by atoms with van der Waals surface area (Å²) in [4.78, 5) is 0. The Balaban J connectivity index is 2.48. The largest absolute Gasteiger partial charge is 0.364 e. The molecule has 0 aliphatic carbocycles. The van der Waals surface area contributed by atoms with Gasteiger partial charge in [0.15, 0.2) is 0 Å². The number of hydrogen-bond donors (Lipinski definition) is 0. The molecule has 1 aromatic heterocycles. The topological polar surface area (TPSA) is 26.0 Å². The SMILES string of the molecule is IC=CCc1cnoc1. The minimum Gasteiger partial charge on any atom is -0.364 e. The smallest absolute Gasteiger partial charge is 0.127 e. The van der Waals surface area contributed by atoms with Crippen LogP contribution in [0.15, 0.2) is 27.1 Å². The first-order chi connectivity index (χ1) is 4.43. The van der Waals surface area contributed by atoms with Gasteiger partial charge in [-0.15, -0.1) is 0 Å². The molecule has 0 fully saturated rings. The van der Waals surface area contributed by atoms with E-state index in [9.17, 15) is 0 Å². The maximum atomic E-state index is 4.63. The standard InChI is InChI=1S/C6H6INO/c7-3-1-2-6-4-8-9-5-6/h1,3-5H,2H2. The number of aromatic nitrogens is 1. The Morgan fingerprint density at radius 2 is 2.67 bits per heavy atom. The maximum absolute atomic E-state index is 4.63. The molecule has 0 aliphatic heterocycles. The zero-order valence-electron chi connectivity index (χ0n) is 4.75. The van der Waals surface area contributed by atoms with Crippen molar-refractivity contribution in [3.05, 3.63) is 28.2 Å². The first kappa shape index (κ1) is 6.80. The monoisotopic (exact) mass is 235 g/mol. The van der Waals surface area contributed by atoms with Gasteiger partial charge in [0.2, 0.25) is 0 Å². The third kappa shape index (κ3) is 2.17. The summed E-state index contributed by atoms with van der Waals surface area (Å²) in [5.74, 6) is 0. The summed E-state index contributed by atoms with van der Waals surface area (Å²) >= 11 is 2.18. The average Bonchev–Trinajstić information content (AvgIpc) is 2.34. The van der Waals surface area contributed by atoms with Gasteiger partial charge in [-0.3, -0.25) is 0 Å². The maximum Gasteiger partial charge on any atom is 0.127 e. The normalized spacial score (nSPS) is 10.8. The van der Waals surface area contributed by atoms with Crippen molar-refractivity contribution < 1.29 is 4.52 Å². The average molecular weight is 235 g/mol. The van der Waals surface area contributed by atoms with Crippen molar-refractivity contribution in [1.82, 2.24) is 5.16 Å². The molecule has 0 amide bonds. The van der Waals surface area contributed by atoms with Crippen LogP contribution in [0.1, 0.15) is 5.56 Å². The summed E-state index contributed by atoms with van der Waals surface area (Å²) in [6.07, 6.45) is 6.33. The fourth-order valence-electron chi connectivity index (χ4n) is 0.508. The molecule has 0 aromatic carbocycles. The van der Waals surface area contributed by atoms with Crippen LogP contribution in [0.25, 0.3) is 0 Å². The van der Waals surface area contributed by atoms with E-state index in [2.05, 4.69) is 32.3 Å². The Kier molecular flexibility index (Phi) is 2.76. The van der Waals surface area contributed by atoms with Gasteiger partial charge in [0.25, 0.3) is 0 Å². The van der Waals surface area contributed by atoms with Crippen molar-refractivity contribution in [3.63, 3.8) is 0 Å². The second-order valence-corrected chi connectivity index (χ2v) is 2.32. The van der Waals surface area contributed by atoms with E-state index >= 15 is 0 Å². The molecule has 0 aliphatic rings. The predicted octanol–water partition coefficient (Wildman–Crippen LogP) is 2.17. The summed E-state index contributed by atoms with van der Waals surface area (Å²) < 4.78 is 6.60. The zero-order valence-corrected chi connectivity index (χ0v) is 6.91. The minimum absolute atomic E-state index is 0.909. The Morgan fingerprint density at radius 1 is 1.78 bits per heavy atom. The van der Waals surface area contributed by atoms with E-state index in [-0.39, 0.29) is 0 Å². The number of nitrogens with zero attached hydrogens (tertiary/aromatic N) is 1. The van der Waals surface area contributed by atoms with E-state index in [0.717, 1.165) is 12.0 Å². The number of halogens is 1. The van der Waals surface area contributed by atoms with Crippen molar-refractivity contribution in [1.29, 1.82) is 0 Å². The van der Waals surface area contributed by atoms with Crippen LogP contribution in [-0.2, 0) is 6.42 Å². The molecular formula is C6H6INO. The van der Waals surface area contributed by atoms with Gasteiger partial charge >= 0.3 is 0 Å². The molecular weight excluding hydrogens is 229 g/mol. The van der Waals surface area contributed by atoms with Crippen molar-refractivity contribution in [2.75, 3.05) is 0 Å². The Morgan fingerprint density at radius 3 is 3.22 bits per heavy atom. The summed E-state index contributed by atoms with van der Waals surface area (Å²) in [6, 6.07) is 0. The molecule has 0 N–H and O–H groups in total. The van der Waals surface area contributed by atoms with Crippen LogP contribution in [0.3, 0.4) is 0 Å². The summed E-state index contributed by atoms with van der Waals surface area (Å²) in [6.45, 7) is 0. The summed E-state index contributed by atoms with van der Waals surface area (Å²) in [5, 5.41) is 3.56. The highest BCUT2D eigenvalue weighted by Gasteiger charge is 1.88. The molecule has 0 radical (unpaired) electrons. The van der Waals surface area contributed by atoms with Crippen molar-refractivity contribution in [2.24, 2.45) is 0 Å². The van der Waals surface area contributed by atoms with Gasteiger partial charge in [-0.1, -0.05) is 33.8 Å². The molecule has 9 heavy (non-hydrogen) atoms. The van der Waals surface area contributed by atoms with Gasteiger partial charge in [-0.05, 0) is 10.5 Å². The minimum atomic E-state index is 0.909. The van der Waals surface area contributed by atoms with Gasteiger partial charge in [-0.25, -0.2) is 0 Å². The Bertz CT molecular complexity index is 181. The Hall–Kier alpha value is -0.320. The van der Waals surface area contributed by atoms with E-state index in [1.165, 1.54) is 0 Å². The fourth-order valence-corrected chi connectivity index (χ4v) is 0.762. The lowest BCUT2D eigenvalue weighted by molar-refractivity contribution is 0.419. The van der Waals surface area contributed by atoms with E-state index < -0.39 is 0 Å². The summed E-state index contributed by atoms with van der Waals surface area (Å²) in [7, 11) is 0. The number of rotatable bonds is 2. The first-order valence-electron chi connectivity index (χ1n) is 2.57. The van der Waals surface area contributed by atoms with Crippen LogP contribution in [0.2, 0.25) is 0 Å². The molecule has 3 heteroatoms. The van der Waals surface area contributed by atoms with Crippen LogP contribution in [0, 0.1) is 0 Å². The molecule has 48 valence electrons. The third-order valence-electron chi connectivity index (χ3n) is 0.926. The van der Waals surface area contributed by atoms with Crippen molar-refractivity contribution in [3.8, 4) is 0 Å². The number of hydrogen-bond acceptors (Lipinski definition) is 2. The molecule has 0 spiro atoms. The predicted molar refractivity (Wildman–Crippen MR) is 43.4 cm³/mol. The van der Waals surface area contributed by atoms with Crippen LogP contribution in [-0.4, -0.2) is 5.16 Å². The Labute approximate surface area is 67.1 Å². The second-order valence-electron chi connectivity index (χ2n) is 1.60. The lowest BCUT2D eigenvalue weighted by Gasteiger charge is -1.79. The lowest BCUT2D eigenvalue weighted by atomic mass is 10.3. The highest BCUT2D eigenvalue weighted by molar-refractivity contribution is 14.1. The van der Waals surface area contributed by atoms with Crippen molar-refractivity contribution in [2.45, 2.75) is 6.42 Å². The van der Waals surface area contributed by atoms with Gasteiger partial charge in [0, 0.05) is 5.56 Å². The molecule has 2 nitrogen and oxygen atoms in total. The van der Waals surface area contributed by atoms with Gasteiger partial charge in [0.05, 0.1) is 6.20 Å². The third-order valence-corrected chi connectivity index (χ3v) is 1.43.